The summed E-state index contributed by atoms with van der Waals surface area (Å²) in [5, 5.41) is 3.09. The number of amides is 1. The first-order chi connectivity index (χ1) is 16.9. The fourth-order valence-electron chi connectivity index (χ4n) is 4.79. The monoisotopic (exact) mass is 470 g/mol. The average molecular weight is 471 g/mol. The normalized spacial score (nSPS) is 16.7. The third-order valence-electron chi connectivity index (χ3n) is 6.56. The van der Waals surface area contributed by atoms with E-state index in [1.54, 1.807) is 19.3 Å². The topological polar surface area (TPSA) is 75.2 Å². The number of allylic oxidation sites excluding steroid dienone is 4. The van der Waals surface area contributed by atoms with Crippen molar-refractivity contribution in [2.45, 2.75) is 52.9 Å². The van der Waals surface area contributed by atoms with E-state index in [-0.39, 0.29) is 18.1 Å². The summed E-state index contributed by atoms with van der Waals surface area (Å²) in [7, 11) is 0. The van der Waals surface area contributed by atoms with Crippen molar-refractivity contribution in [2.24, 2.45) is 5.92 Å². The summed E-state index contributed by atoms with van der Waals surface area (Å²) in [4.78, 5) is 35.3. The number of Topliss-reactive ketones (excluding diaryl/α,β-unsaturated/α-hetero) is 1. The lowest BCUT2D eigenvalue weighted by Crippen LogP contribution is -2.33. The number of carbonyl (C=O) groups excluding carboxylic acids is 2. The predicted octanol–water partition coefficient (Wildman–Crippen LogP) is 4.92. The van der Waals surface area contributed by atoms with Crippen LogP contribution in [0, 0.1) is 12.8 Å². The quantitative estimate of drug-likeness (QED) is 0.622. The van der Waals surface area contributed by atoms with Crippen LogP contribution in [0.3, 0.4) is 0 Å². The average Bonchev–Trinajstić information content (AvgIpc) is 3.00. The molecular weight excluding hydrogens is 436 g/mol. The number of piperidine rings is 1. The van der Waals surface area contributed by atoms with E-state index in [0.717, 1.165) is 54.1 Å². The summed E-state index contributed by atoms with van der Waals surface area (Å²) < 4.78 is 0. The van der Waals surface area contributed by atoms with Crippen LogP contribution in [0.2, 0.25) is 0 Å². The standard InChI is InChI=1S/C29H34N4O2/c1-20-14-26(5-6-27(15-20)33-12-9-23(10-13-33)17-22(3)34)32-29(35)18-24-4-7-28(31-19-24)25-8-11-30-21(2)16-25/h4-8,11,15-16,19,23H,9-10,12-14,17-18H2,1-3H3,(H,32,35). The molecule has 6 heteroatoms. The molecule has 1 aliphatic heterocycles. The summed E-state index contributed by atoms with van der Waals surface area (Å²) in [6.07, 6.45) is 13.7. The second kappa shape index (κ2) is 11.3. The largest absolute Gasteiger partial charge is 0.372 e. The molecule has 182 valence electrons. The molecule has 2 aliphatic rings. The zero-order chi connectivity index (χ0) is 24.8. The van der Waals surface area contributed by atoms with E-state index in [1.165, 1.54) is 11.3 Å². The number of likely N-dealkylation sites (tertiary alicyclic amines) is 1. The molecule has 1 fully saturated rings. The minimum Gasteiger partial charge on any atom is -0.372 e. The van der Waals surface area contributed by atoms with Gasteiger partial charge in [0.15, 0.2) is 0 Å². The van der Waals surface area contributed by atoms with E-state index in [9.17, 15) is 9.59 Å². The molecule has 0 radical (unpaired) electrons. The fraction of sp³-hybridized carbons (Fsp3) is 0.379. The fourth-order valence-corrected chi connectivity index (χ4v) is 4.79. The van der Waals surface area contributed by atoms with Gasteiger partial charge in [-0.15, -0.1) is 0 Å². The third kappa shape index (κ3) is 6.98. The maximum atomic E-state index is 12.7. The Morgan fingerprint density at radius 3 is 2.57 bits per heavy atom. The molecule has 1 aliphatic carbocycles. The van der Waals surface area contributed by atoms with Crippen molar-refractivity contribution >= 4 is 11.7 Å². The van der Waals surface area contributed by atoms with Gasteiger partial charge < -0.3 is 15.0 Å². The number of hydrogen-bond acceptors (Lipinski definition) is 5. The minimum absolute atomic E-state index is 0.0414. The second-order valence-corrected chi connectivity index (χ2v) is 9.75. The number of hydrogen-bond donors (Lipinski definition) is 1. The predicted molar refractivity (Wildman–Crippen MR) is 138 cm³/mol. The van der Waals surface area contributed by atoms with E-state index in [1.807, 2.05) is 37.3 Å². The number of rotatable bonds is 7. The van der Waals surface area contributed by atoms with Crippen molar-refractivity contribution < 1.29 is 9.59 Å². The van der Waals surface area contributed by atoms with Crippen LogP contribution in [-0.2, 0) is 16.0 Å². The number of carbonyl (C=O) groups is 2. The second-order valence-electron chi connectivity index (χ2n) is 9.75. The molecule has 4 rings (SSSR count). The van der Waals surface area contributed by atoms with Crippen LogP contribution in [0.1, 0.15) is 50.8 Å². The maximum absolute atomic E-state index is 12.7. The SMILES string of the molecule is CC(=O)CC1CCN(C2=CC=C(NC(=O)Cc3ccc(-c4ccnc(C)c4)nc3)CC(C)=C2)CC1. The van der Waals surface area contributed by atoms with Crippen LogP contribution < -0.4 is 5.32 Å². The lowest BCUT2D eigenvalue weighted by Gasteiger charge is -2.34. The molecule has 0 spiro atoms. The number of nitrogens with zero attached hydrogens (tertiary/aromatic N) is 3. The Kier molecular flexibility index (Phi) is 7.91. The van der Waals surface area contributed by atoms with Crippen molar-refractivity contribution in [3.63, 3.8) is 0 Å². The van der Waals surface area contributed by atoms with Gasteiger partial charge in [-0.25, -0.2) is 0 Å². The molecule has 0 atom stereocenters. The van der Waals surface area contributed by atoms with Gasteiger partial charge in [0.05, 0.1) is 12.1 Å². The summed E-state index contributed by atoms with van der Waals surface area (Å²) in [5.41, 5.74) is 7.01. The van der Waals surface area contributed by atoms with Gasteiger partial charge in [-0.1, -0.05) is 11.6 Å². The summed E-state index contributed by atoms with van der Waals surface area (Å²) >= 11 is 0. The first-order valence-electron chi connectivity index (χ1n) is 12.4. The molecule has 0 aromatic carbocycles. The van der Waals surface area contributed by atoms with E-state index < -0.39 is 0 Å². The lowest BCUT2D eigenvalue weighted by atomic mass is 9.91. The molecule has 35 heavy (non-hydrogen) atoms. The molecule has 0 unspecified atom stereocenters. The van der Waals surface area contributed by atoms with Gasteiger partial charge in [0.25, 0.3) is 0 Å². The highest BCUT2D eigenvalue weighted by Gasteiger charge is 2.21. The van der Waals surface area contributed by atoms with E-state index in [4.69, 9.17) is 0 Å². The smallest absolute Gasteiger partial charge is 0.228 e. The maximum Gasteiger partial charge on any atom is 0.228 e. The number of pyridine rings is 2. The molecule has 3 heterocycles. The molecular formula is C29H34N4O2. The number of aromatic nitrogens is 2. The van der Waals surface area contributed by atoms with E-state index >= 15 is 0 Å². The first kappa shape index (κ1) is 24.6. The molecule has 1 amide bonds. The van der Waals surface area contributed by atoms with Crippen molar-refractivity contribution in [3.05, 3.63) is 83.1 Å². The van der Waals surface area contributed by atoms with Crippen molar-refractivity contribution in [2.75, 3.05) is 13.1 Å². The highest BCUT2D eigenvalue weighted by molar-refractivity contribution is 5.80. The van der Waals surface area contributed by atoms with Gasteiger partial charge in [0.1, 0.15) is 5.78 Å². The van der Waals surface area contributed by atoms with Crippen molar-refractivity contribution in [3.8, 4) is 11.3 Å². The Balaban J connectivity index is 1.34. The Morgan fingerprint density at radius 1 is 1.09 bits per heavy atom. The summed E-state index contributed by atoms with van der Waals surface area (Å²) in [6.45, 7) is 7.67. The highest BCUT2D eigenvalue weighted by Crippen LogP contribution is 2.26. The zero-order valence-corrected chi connectivity index (χ0v) is 20.9. The zero-order valence-electron chi connectivity index (χ0n) is 20.9. The Bertz CT molecular complexity index is 1170. The van der Waals surface area contributed by atoms with Crippen LogP contribution in [0.5, 0.6) is 0 Å². The van der Waals surface area contributed by atoms with Crippen molar-refractivity contribution in [1.29, 1.82) is 0 Å². The van der Waals surface area contributed by atoms with Crippen molar-refractivity contribution in [1.82, 2.24) is 20.2 Å². The van der Waals surface area contributed by atoms with Gasteiger partial charge in [-0.05, 0) is 81.5 Å². The van der Waals surface area contributed by atoms with Crippen LogP contribution in [0.25, 0.3) is 11.3 Å². The summed E-state index contributed by atoms with van der Waals surface area (Å²) in [5.74, 6) is 0.745. The summed E-state index contributed by atoms with van der Waals surface area (Å²) in [6, 6.07) is 7.84. The highest BCUT2D eigenvalue weighted by atomic mass is 16.1. The van der Waals surface area contributed by atoms with Crippen LogP contribution in [0.15, 0.2) is 71.9 Å². The van der Waals surface area contributed by atoms with Gasteiger partial charge in [-0.2, -0.15) is 0 Å². The van der Waals surface area contributed by atoms with Gasteiger partial charge in [0, 0.05) is 61.0 Å². The molecule has 0 saturated carbocycles. The first-order valence-corrected chi connectivity index (χ1v) is 12.4. The van der Waals surface area contributed by atoms with Gasteiger partial charge in [-0.3, -0.25) is 14.8 Å². The van der Waals surface area contributed by atoms with Crippen LogP contribution in [0.4, 0.5) is 0 Å². The molecule has 0 bridgehead atoms. The Morgan fingerprint density at radius 2 is 1.89 bits per heavy atom. The van der Waals surface area contributed by atoms with E-state index in [2.05, 4.69) is 39.3 Å². The Labute approximate surface area is 207 Å². The number of aryl methyl sites for hydroxylation is 1. The molecule has 2 aromatic heterocycles. The van der Waals surface area contributed by atoms with E-state index in [0.29, 0.717) is 18.8 Å². The third-order valence-corrected chi connectivity index (χ3v) is 6.56. The number of ketones is 1. The lowest BCUT2D eigenvalue weighted by molar-refractivity contribution is -0.120. The molecule has 1 N–H and O–H groups in total. The van der Waals surface area contributed by atoms with Gasteiger partial charge >= 0.3 is 0 Å². The molecule has 6 nitrogen and oxygen atoms in total. The molecule has 1 saturated heterocycles. The van der Waals surface area contributed by atoms with Crippen LogP contribution in [-0.4, -0.2) is 39.6 Å². The number of nitrogens with one attached hydrogen (secondary N) is 1. The van der Waals surface area contributed by atoms with Gasteiger partial charge in [0.2, 0.25) is 5.91 Å². The molecule has 2 aromatic rings. The Hall–Kier alpha value is -3.54. The van der Waals surface area contributed by atoms with Crippen LogP contribution >= 0.6 is 0 Å². The minimum atomic E-state index is -0.0414.